The summed E-state index contributed by atoms with van der Waals surface area (Å²) < 4.78 is 10.7. The van der Waals surface area contributed by atoms with E-state index in [0.29, 0.717) is 22.7 Å². The smallest absolute Gasteiger partial charge is 0.275 e. The van der Waals surface area contributed by atoms with Gasteiger partial charge in [-0.3, -0.25) is 0 Å². The molecule has 0 aromatic carbocycles. The normalized spacial score (nSPS) is 22.0. The fourth-order valence-corrected chi connectivity index (χ4v) is 1.78. The van der Waals surface area contributed by atoms with E-state index in [-0.39, 0.29) is 0 Å². The van der Waals surface area contributed by atoms with Crippen molar-refractivity contribution in [2.24, 2.45) is 5.92 Å². The molecule has 2 heterocycles. The monoisotopic (exact) mass is 200 g/mol. The van der Waals surface area contributed by atoms with Gasteiger partial charge in [-0.25, -0.2) is 4.98 Å². The van der Waals surface area contributed by atoms with Crippen LogP contribution in [-0.2, 0) is 4.74 Å². The quantitative estimate of drug-likeness (QED) is 0.795. The summed E-state index contributed by atoms with van der Waals surface area (Å²) in [4.78, 5) is 4.01. The van der Waals surface area contributed by atoms with Gasteiger partial charge in [0.15, 0.2) is 0 Å². The highest BCUT2D eigenvalue weighted by molar-refractivity contribution is 7.17. The van der Waals surface area contributed by atoms with E-state index in [4.69, 9.17) is 15.2 Å². The van der Waals surface area contributed by atoms with Crippen molar-refractivity contribution >= 4 is 16.3 Å². The molecule has 2 N–H and O–H groups in total. The molecule has 0 radical (unpaired) electrons. The molecule has 4 nitrogen and oxygen atoms in total. The fraction of sp³-hybridized carbons (Fsp3) is 0.625. The van der Waals surface area contributed by atoms with Crippen LogP contribution in [0.4, 0.5) is 5.00 Å². The van der Waals surface area contributed by atoms with Crippen molar-refractivity contribution in [3.63, 3.8) is 0 Å². The molecule has 0 spiro atoms. The number of ether oxygens (including phenoxy) is 2. The van der Waals surface area contributed by atoms with Gasteiger partial charge in [0.05, 0.1) is 19.4 Å². The summed E-state index contributed by atoms with van der Waals surface area (Å²) in [5.74, 6) is 0.519. The van der Waals surface area contributed by atoms with Crippen LogP contribution < -0.4 is 10.5 Å². The van der Waals surface area contributed by atoms with Crippen molar-refractivity contribution in [2.75, 3.05) is 25.6 Å². The highest BCUT2D eigenvalue weighted by Crippen LogP contribution is 2.23. The van der Waals surface area contributed by atoms with Crippen LogP contribution >= 0.6 is 11.3 Å². The van der Waals surface area contributed by atoms with Gasteiger partial charge < -0.3 is 15.2 Å². The summed E-state index contributed by atoms with van der Waals surface area (Å²) >= 11 is 1.37. The van der Waals surface area contributed by atoms with Crippen molar-refractivity contribution in [1.82, 2.24) is 4.98 Å². The first kappa shape index (κ1) is 8.77. The van der Waals surface area contributed by atoms with Gasteiger partial charge in [-0.05, 0) is 6.42 Å². The standard InChI is InChI=1S/C8H12N2O2S/c9-7-3-10-8(13-7)12-5-6-1-2-11-4-6/h3,6H,1-2,4-5,9H2. The van der Waals surface area contributed by atoms with E-state index in [1.54, 1.807) is 6.20 Å². The van der Waals surface area contributed by atoms with Crippen LogP contribution in [0.15, 0.2) is 6.20 Å². The molecule has 13 heavy (non-hydrogen) atoms. The molecule has 5 heteroatoms. The van der Waals surface area contributed by atoms with Gasteiger partial charge in [0, 0.05) is 12.5 Å². The van der Waals surface area contributed by atoms with Crippen molar-refractivity contribution in [3.8, 4) is 5.19 Å². The zero-order valence-corrected chi connectivity index (χ0v) is 8.05. The van der Waals surface area contributed by atoms with Crippen molar-refractivity contribution in [2.45, 2.75) is 6.42 Å². The highest BCUT2D eigenvalue weighted by Gasteiger charge is 2.16. The van der Waals surface area contributed by atoms with Crippen LogP contribution in [-0.4, -0.2) is 24.8 Å². The first-order valence-electron chi connectivity index (χ1n) is 4.26. The fourth-order valence-electron chi connectivity index (χ4n) is 1.24. The molecule has 72 valence electrons. The number of hydrogen-bond donors (Lipinski definition) is 1. The average Bonchev–Trinajstić information content (AvgIpc) is 2.71. The zero-order chi connectivity index (χ0) is 9.10. The van der Waals surface area contributed by atoms with Crippen LogP contribution in [0.25, 0.3) is 0 Å². The van der Waals surface area contributed by atoms with Crippen LogP contribution in [0.2, 0.25) is 0 Å². The Hall–Kier alpha value is -0.810. The SMILES string of the molecule is Nc1cnc(OCC2CCOC2)s1. The van der Waals surface area contributed by atoms with Gasteiger partial charge >= 0.3 is 0 Å². The van der Waals surface area contributed by atoms with Gasteiger partial charge in [-0.2, -0.15) is 0 Å². The maximum absolute atomic E-state index is 5.51. The minimum atomic E-state index is 0.519. The van der Waals surface area contributed by atoms with Gasteiger partial charge in [0.2, 0.25) is 0 Å². The number of aromatic nitrogens is 1. The van der Waals surface area contributed by atoms with Crippen molar-refractivity contribution < 1.29 is 9.47 Å². The molecule has 1 fully saturated rings. The summed E-state index contributed by atoms with van der Waals surface area (Å²) in [7, 11) is 0. The Labute approximate surface area is 80.7 Å². The van der Waals surface area contributed by atoms with E-state index in [1.165, 1.54) is 11.3 Å². The minimum Gasteiger partial charge on any atom is -0.470 e. The second kappa shape index (κ2) is 3.93. The average molecular weight is 200 g/mol. The van der Waals surface area contributed by atoms with E-state index in [1.807, 2.05) is 0 Å². The predicted octanol–water partition coefficient (Wildman–Crippen LogP) is 1.14. The topological polar surface area (TPSA) is 57.4 Å². The molecular formula is C8H12N2O2S. The van der Waals surface area contributed by atoms with Crippen LogP contribution in [0, 0.1) is 5.92 Å². The summed E-state index contributed by atoms with van der Waals surface area (Å²) in [6.45, 7) is 2.35. The number of rotatable bonds is 3. The molecular weight excluding hydrogens is 188 g/mol. The minimum absolute atomic E-state index is 0.519. The Morgan fingerprint density at radius 3 is 3.31 bits per heavy atom. The van der Waals surface area contributed by atoms with Gasteiger partial charge in [-0.1, -0.05) is 11.3 Å². The Balaban J connectivity index is 1.78. The molecule has 1 aromatic rings. The first-order chi connectivity index (χ1) is 6.34. The van der Waals surface area contributed by atoms with Gasteiger partial charge in [-0.15, -0.1) is 0 Å². The first-order valence-corrected chi connectivity index (χ1v) is 5.08. The van der Waals surface area contributed by atoms with E-state index in [9.17, 15) is 0 Å². The van der Waals surface area contributed by atoms with Crippen LogP contribution in [0.1, 0.15) is 6.42 Å². The molecule has 0 amide bonds. The van der Waals surface area contributed by atoms with Crippen molar-refractivity contribution in [1.29, 1.82) is 0 Å². The summed E-state index contributed by atoms with van der Waals surface area (Å²) in [5, 5.41) is 1.35. The second-order valence-corrected chi connectivity index (χ2v) is 4.09. The van der Waals surface area contributed by atoms with Gasteiger partial charge in [0.25, 0.3) is 5.19 Å². The summed E-state index contributed by atoms with van der Waals surface area (Å²) in [6.07, 6.45) is 2.70. The third-order valence-electron chi connectivity index (χ3n) is 1.97. The molecule has 1 aliphatic rings. The number of anilines is 1. The maximum Gasteiger partial charge on any atom is 0.275 e. The number of thiazole rings is 1. The highest BCUT2D eigenvalue weighted by atomic mass is 32.1. The second-order valence-electron chi connectivity index (χ2n) is 3.07. The molecule has 1 aromatic heterocycles. The van der Waals surface area contributed by atoms with E-state index in [2.05, 4.69) is 4.98 Å². The van der Waals surface area contributed by atoms with E-state index >= 15 is 0 Å². The number of nitrogens with zero attached hydrogens (tertiary/aromatic N) is 1. The number of hydrogen-bond acceptors (Lipinski definition) is 5. The Bertz CT molecular complexity index is 271. The molecule has 0 bridgehead atoms. The Kier molecular flexibility index (Phi) is 2.65. The third-order valence-corrected chi connectivity index (χ3v) is 2.71. The molecule has 0 aliphatic carbocycles. The van der Waals surface area contributed by atoms with Crippen LogP contribution in [0.5, 0.6) is 5.19 Å². The Morgan fingerprint density at radius 1 is 1.77 bits per heavy atom. The molecule has 1 atom stereocenters. The largest absolute Gasteiger partial charge is 0.470 e. The molecule has 2 rings (SSSR count). The Morgan fingerprint density at radius 2 is 2.69 bits per heavy atom. The summed E-state index contributed by atoms with van der Waals surface area (Å²) in [5.41, 5.74) is 5.51. The lowest BCUT2D eigenvalue weighted by molar-refractivity contribution is 0.167. The number of nitrogens with two attached hydrogens (primary N) is 1. The lowest BCUT2D eigenvalue weighted by Crippen LogP contribution is -2.11. The predicted molar refractivity (Wildman–Crippen MR) is 50.9 cm³/mol. The van der Waals surface area contributed by atoms with Crippen LogP contribution in [0.3, 0.4) is 0 Å². The number of nitrogen functional groups attached to an aromatic ring is 1. The molecule has 1 unspecified atom stereocenters. The molecule has 0 saturated carbocycles. The lowest BCUT2D eigenvalue weighted by Gasteiger charge is -2.06. The summed E-state index contributed by atoms with van der Waals surface area (Å²) in [6, 6.07) is 0. The third kappa shape index (κ3) is 2.32. The lowest BCUT2D eigenvalue weighted by atomic mass is 10.1. The zero-order valence-electron chi connectivity index (χ0n) is 7.23. The maximum atomic E-state index is 5.51. The van der Waals surface area contributed by atoms with Crippen molar-refractivity contribution in [3.05, 3.63) is 6.20 Å². The molecule has 1 saturated heterocycles. The molecule has 1 aliphatic heterocycles. The van der Waals surface area contributed by atoms with E-state index < -0.39 is 0 Å². The van der Waals surface area contributed by atoms with E-state index in [0.717, 1.165) is 19.6 Å². The van der Waals surface area contributed by atoms with Gasteiger partial charge in [0.1, 0.15) is 5.00 Å².